The summed E-state index contributed by atoms with van der Waals surface area (Å²) in [5.74, 6) is -1.29. The number of nitrogens with one attached hydrogen (secondary N) is 1. The van der Waals surface area contributed by atoms with Gasteiger partial charge >= 0.3 is 0 Å². The van der Waals surface area contributed by atoms with Crippen LogP contribution in [0.15, 0.2) is 35.6 Å². The van der Waals surface area contributed by atoms with Crippen molar-refractivity contribution in [1.82, 2.24) is 9.97 Å². The summed E-state index contributed by atoms with van der Waals surface area (Å²) >= 11 is 1.28. The van der Waals surface area contributed by atoms with Crippen LogP contribution in [0.25, 0.3) is 0 Å². The number of rotatable bonds is 4. The molecule has 32 heavy (non-hydrogen) atoms. The molecule has 1 aromatic heterocycles. The number of alkyl halides is 3. The zero-order chi connectivity index (χ0) is 23.1. The summed E-state index contributed by atoms with van der Waals surface area (Å²) in [4.78, 5) is 24.2. The SMILES string of the molecule is CC1=N[C@@]2(c3cc(NC(=O)c4cnc(C(F)F)cn4)ccc3F)CO[C@@H](C)C[C@@]2(F)CS1. The quantitative estimate of drug-likeness (QED) is 0.660. The largest absolute Gasteiger partial charge is 0.375 e. The van der Waals surface area contributed by atoms with E-state index in [1.165, 1.54) is 23.9 Å². The molecule has 2 aliphatic rings. The van der Waals surface area contributed by atoms with E-state index in [0.29, 0.717) is 5.04 Å². The minimum atomic E-state index is -2.81. The molecule has 1 N–H and O–H groups in total. The number of nitrogens with zero attached hydrogens (tertiary/aromatic N) is 3. The van der Waals surface area contributed by atoms with Gasteiger partial charge in [0.1, 0.15) is 22.7 Å². The molecule has 1 saturated heterocycles. The van der Waals surface area contributed by atoms with Crippen LogP contribution >= 0.6 is 11.8 Å². The van der Waals surface area contributed by atoms with E-state index < -0.39 is 35.1 Å². The van der Waals surface area contributed by atoms with Gasteiger partial charge in [0, 0.05) is 23.4 Å². The number of halogens is 4. The number of benzene rings is 1. The number of ether oxygens (including phenoxy) is 1. The molecule has 3 atom stereocenters. The zero-order valence-corrected chi connectivity index (χ0v) is 18.1. The molecule has 1 amide bonds. The number of thioether (sulfide) groups is 1. The Bertz CT molecular complexity index is 1070. The topological polar surface area (TPSA) is 76.5 Å². The minimum absolute atomic E-state index is 0.0246. The van der Waals surface area contributed by atoms with Gasteiger partial charge in [-0.1, -0.05) is 0 Å². The molecule has 2 aromatic rings. The summed E-state index contributed by atoms with van der Waals surface area (Å²) in [7, 11) is 0. The first-order chi connectivity index (χ1) is 15.1. The Kier molecular flexibility index (Phi) is 5.97. The standard InChI is InChI=1S/C21H20F4N4O2S/c1-11-6-20(25)10-32-12(2)29-21(20,9-31-11)14-5-13(3-4-15(14)22)28-19(30)17-8-26-16(7-27-17)18(23)24/h3-5,7-8,11,18H,6,9-10H2,1-2H3,(H,28,30)/t11-,20+,21+/m0/s1. The van der Waals surface area contributed by atoms with Gasteiger partial charge in [0.25, 0.3) is 12.3 Å². The van der Waals surface area contributed by atoms with Gasteiger partial charge in [0.2, 0.25) is 0 Å². The Balaban J connectivity index is 1.68. The van der Waals surface area contributed by atoms with Gasteiger partial charge < -0.3 is 10.1 Å². The van der Waals surface area contributed by atoms with E-state index in [2.05, 4.69) is 20.3 Å². The third-order valence-corrected chi connectivity index (χ3v) is 6.70. The molecule has 4 rings (SSSR count). The summed E-state index contributed by atoms with van der Waals surface area (Å²) in [6.07, 6.45) is -1.36. The minimum Gasteiger partial charge on any atom is -0.375 e. The van der Waals surface area contributed by atoms with Crippen LogP contribution in [0.3, 0.4) is 0 Å². The molecule has 0 saturated carbocycles. The fourth-order valence-electron chi connectivity index (χ4n) is 3.97. The fraction of sp³-hybridized carbons (Fsp3) is 0.429. The molecule has 1 fully saturated rings. The van der Waals surface area contributed by atoms with Gasteiger partial charge in [-0.2, -0.15) is 0 Å². The van der Waals surface area contributed by atoms with E-state index in [-0.39, 0.29) is 41.8 Å². The highest BCUT2D eigenvalue weighted by atomic mass is 32.2. The molecular formula is C21H20F4N4O2S. The molecular weight excluding hydrogens is 448 g/mol. The lowest BCUT2D eigenvalue weighted by Gasteiger charge is -2.50. The predicted molar refractivity (Wildman–Crippen MR) is 112 cm³/mol. The lowest BCUT2D eigenvalue weighted by molar-refractivity contribution is -0.107. The molecule has 0 spiro atoms. The number of fused-ring (bicyclic) bond motifs is 1. The van der Waals surface area contributed by atoms with Crippen LogP contribution in [0.4, 0.5) is 23.2 Å². The summed E-state index contributed by atoms with van der Waals surface area (Å²) in [6, 6.07) is 3.76. The first-order valence-electron chi connectivity index (χ1n) is 9.85. The number of carbonyl (C=O) groups excluding carboxylic acids is 1. The molecule has 0 aliphatic carbocycles. The van der Waals surface area contributed by atoms with E-state index in [0.717, 1.165) is 18.5 Å². The third kappa shape index (κ3) is 3.99. The summed E-state index contributed by atoms with van der Waals surface area (Å²) in [6.45, 7) is 3.35. The van der Waals surface area contributed by atoms with Crippen molar-refractivity contribution in [2.45, 2.75) is 44.0 Å². The Morgan fingerprint density at radius 1 is 1.31 bits per heavy atom. The van der Waals surface area contributed by atoms with E-state index >= 15 is 4.39 Å². The lowest BCUT2D eigenvalue weighted by atomic mass is 9.72. The maximum atomic E-state index is 16.2. The monoisotopic (exact) mass is 468 g/mol. The molecule has 1 aromatic carbocycles. The molecule has 0 radical (unpaired) electrons. The average Bonchev–Trinajstić information content (AvgIpc) is 2.75. The summed E-state index contributed by atoms with van der Waals surface area (Å²) in [5, 5.41) is 3.14. The van der Waals surface area contributed by atoms with Gasteiger partial charge in [-0.25, -0.2) is 22.5 Å². The Labute approximate surface area is 185 Å². The maximum absolute atomic E-state index is 16.2. The van der Waals surface area contributed by atoms with Crippen LogP contribution in [0.2, 0.25) is 0 Å². The van der Waals surface area contributed by atoms with Crippen molar-refractivity contribution in [2.75, 3.05) is 17.7 Å². The molecule has 6 nitrogen and oxygen atoms in total. The van der Waals surface area contributed by atoms with Gasteiger partial charge in [0.05, 0.1) is 30.1 Å². The highest BCUT2D eigenvalue weighted by molar-refractivity contribution is 8.14. The molecule has 3 heterocycles. The van der Waals surface area contributed by atoms with Gasteiger partial charge in [0.15, 0.2) is 5.67 Å². The first kappa shape index (κ1) is 22.7. The van der Waals surface area contributed by atoms with Crippen molar-refractivity contribution >= 4 is 28.4 Å². The lowest BCUT2D eigenvalue weighted by Crippen LogP contribution is -2.59. The van der Waals surface area contributed by atoms with Crippen molar-refractivity contribution in [2.24, 2.45) is 4.99 Å². The molecule has 0 unspecified atom stereocenters. The summed E-state index contributed by atoms with van der Waals surface area (Å²) < 4.78 is 62.1. The number of aromatic nitrogens is 2. The van der Waals surface area contributed by atoms with Crippen LogP contribution in [0, 0.1) is 5.82 Å². The van der Waals surface area contributed by atoms with E-state index in [1.807, 2.05) is 0 Å². The van der Waals surface area contributed by atoms with Crippen LogP contribution in [0.5, 0.6) is 0 Å². The third-order valence-electron chi connectivity index (χ3n) is 5.58. The van der Waals surface area contributed by atoms with Crippen molar-refractivity contribution in [3.05, 3.63) is 53.4 Å². The molecule has 11 heteroatoms. The Morgan fingerprint density at radius 2 is 2.09 bits per heavy atom. The second-order valence-electron chi connectivity index (χ2n) is 7.85. The van der Waals surface area contributed by atoms with Crippen LogP contribution in [-0.4, -0.2) is 45.1 Å². The Morgan fingerprint density at radius 3 is 2.78 bits per heavy atom. The fourth-order valence-corrected chi connectivity index (χ4v) is 4.98. The highest BCUT2D eigenvalue weighted by Gasteiger charge is 2.60. The molecule has 2 aliphatic heterocycles. The normalized spacial score (nSPS) is 27.6. The first-order valence-corrected chi connectivity index (χ1v) is 10.8. The van der Waals surface area contributed by atoms with Gasteiger partial charge in [-0.05, 0) is 32.0 Å². The number of carbonyl (C=O) groups is 1. The number of anilines is 1. The van der Waals surface area contributed by atoms with Crippen molar-refractivity contribution in [3.63, 3.8) is 0 Å². The van der Waals surface area contributed by atoms with Crippen molar-refractivity contribution < 1.29 is 27.1 Å². The van der Waals surface area contributed by atoms with Crippen molar-refractivity contribution in [3.8, 4) is 0 Å². The van der Waals surface area contributed by atoms with E-state index in [1.54, 1.807) is 13.8 Å². The average molecular weight is 468 g/mol. The zero-order valence-electron chi connectivity index (χ0n) is 17.2. The maximum Gasteiger partial charge on any atom is 0.281 e. The molecule has 170 valence electrons. The smallest absolute Gasteiger partial charge is 0.281 e. The second-order valence-corrected chi connectivity index (χ2v) is 9.01. The van der Waals surface area contributed by atoms with Crippen LogP contribution in [-0.2, 0) is 10.3 Å². The van der Waals surface area contributed by atoms with E-state index in [9.17, 15) is 18.0 Å². The van der Waals surface area contributed by atoms with Crippen LogP contribution in [0.1, 0.15) is 48.4 Å². The number of aliphatic imine (C=N–C) groups is 1. The highest BCUT2D eigenvalue weighted by Crippen LogP contribution is 2.52. The number of amides is 1. The van der Waals surface area contributed by atoms with E-state index in [4.69, 9.17) is 4.74 Å². The van der Waals surface area contributed by atoms with Gasteiger partial charge in [-0.15, -0.1) is 11.8 Å². The number of hydrogen-bond donors (Lipinski definition) is 1. The number of hydrogen-bond acceptors (Lipinski definition) is 6. The Hall–Kier alpha value is -2.53. The van der Waals surface area contributed by atoms with Crippen molar-refractivity contribution in [1.29, 1.82) is 0 Å². The van der Waals surface area contributed by atoms with Crippen LogP contribution < -0.4 is 5.32 Å². The van der Waals surface area contributed by atoms with Gasteiger partial charge in [-0.3, -0.25) is 14.8 Å². The second kappa shape index (κ2) is 8.43. The molecule has 0 bridgehead atoms. The summed E-state index contributed by atoms with van der Waals surface area (Å²) in [5.41, 5.74) is -4.03. The predicted octanol–water partition coefficient (Wildman–Crippen LogP) is 4.68.